The monoisotopic (exact) mass is 420 g/mol. The highest BCUT2D eigenvalue weighted by atomic mass is 35.5. The molecule has 6 nitrogen and oxygen atoms in total. The minimum atomic E-state index is -4.14. The fraction of sp³-hybridized carbons (Fsp3) is 0.300. The van der Waals surface area contributed by atoms with E-state index in [1.807, 2.05) is 6.92 Å². The summed E-state index contributed by atoms with van der Waals surface area (Å²) in [5.74, 6) is -1.13. The molecule has 1 saturated heterocycles. The molecule has 1 aliphatic rings. The number of benzene rings is 2. The molecular formula is C20H21ClN2O4S. The first-order valence-corrected chi connectivity index (χ1v) is 10.6. The highest BCUT2D eigenvalue weighted by molar-refractivity contribution is 7.89. The fourth-order valence-electron chi connectivity index (χ4n) is 3.13. The van der Waals surface area contributed by atoms with Crippen LogP contribution in [0.2, 0.25) is 5.02 Å². The van der Waals surface area contributed by atoms with Gasteiger partial charge in [-0.1, -0.05) is 23.7 Å². The van der Waals surface area contributed by atoms with Crippen LogP contribution in [0.15, 0.2) is 41.3 Å². The second-order valence-electron chi connectivity index (χ2n) is 6.94. The first-order valence-electron chi connectivity index (χ1n) is 8.83. The van der Waals surface area contributed by atoms with E-state index in [9.17, 15) is 18.0 Å². The van der Waals surface area contributed by atoms with Crippen molar-refractivity contribution in [3.05, 3.63) is 58.1 Å². The lowest BCUT2D eigenvalue weighted by Gasteiger charge is -2.24. The zero-order chi connectivity index (χ0) is 20.6. The molecule has 1 aliphatic heterocycles. The number of aryl methyl sites for hydroxylation is 3. The van der Waals surface area contributed by atoms with Crippen molar-refractivity contribution in [3.8, 4) is 0 Å². The van der Waals surface area contributed by atoms with E-state index in [1.54, 1.807) is 38.1 Å². The zero-order valence-corrected chi connectivity index (χ0v) is 17.4. The number of halogens is 1. The number of carbonyl (C=O) groups excluding carboxylic acids is 2. The number of rotatable bonds is 4. The topological polar surface area (TPSA) is 83.6 Å². The van der Waals surface area contributed by atoms with Gasteiger partial charge in [-0.3, -0.25) is 9.59 Å². The molecule has 0 aromatic heterocycles. The van der Waals surface area contributed by atoms with Crippen LogP contribution < -0.4 is 5.32 Å². The van der Waals surface area contributed by atoms with Crippen molar-refractivity contribution < 1.29 is 18.0 Å². The van der Waals surface area contributed by atoms with E-state index in [0.29, 0.717) is 15.0 Å². The number of anilines is 1. The summed E-state index contributed by atoms with van der Waals surface area (Å²) in [4.78, 5) is 25.2. The molecule has 1 heterocycles. The summed E-state index contributed by atoms with van der Waals surface area (Å²) in [5.41, 5.74) is 3.01. The Morgan fingerprint density at radius 2 is 1.75 bits per heavy atom. The molecule has 0 aliphatic carbocycles. The van der Waals surface area contributed by atoms with Gasteiger partial charge in [-0.2, -0.15) is 0 Å². The lowest BCUT2D eigenvalue weighted by molar-refractivity contribution is -0.128. The number of nitrogens with one attached hydrogen (secondary N) is 1. The van der Waals surface area contributed by atoms with E-state index in [-0.39, 0.29) is 17.7 Å². The molecule has 0 spiro atoms. The number of nitrogens with zero attached hydrogens (tertiary/aromatic N) is 1. The molecule has 2 amide bonds. The third-order valence-corrected chi connectivity index (χ3v) is 7.02. The number of hydrogen-bond acceptors (Lipinski definition) is 4. The second-order valence-corrected chi connectivity index (χ2v) is 9.19. The van der Waals surface area contributed by atoms with Crippen LogP contribution in [0.3, 0.4) is 0 Å². The van der Waals surface area contributed by atoms with Gasteiger partial charge >= 0.3 is 0 Å². The Labute approximate surface area is 169 Å². The first-order chi connectivity index (χ1) is 13.1. The van der Waals surface area contributed by atoms with E-state index >= 15 is 0 Å². The SMILES string of the molecule is Cc1ccc(S(=O)(=O)N2C(=O)CC[C@H]2C(=O)Nc2cc(Cl)ccc2C)cc1C. The Bertz CT molecular complexity index is 1070. The number of sulfonamides is 1. The Hall–Kier alpha value is -2.38. The maximum absolute atomic E-state index is 13.1. The van der Waals surface area contributed by atoms with Crippen LogP contribution in [0, 0.1) is 20.8 Å². The van der Waals surface area contributed by atoms with Crippen molar-refractivity contribution >= 4 is 39.1 Å². The van der Waals surface area contributed by atoms with Gasteiger partial charge in [0.25, 0.3) is 10.0 Å². The van der Waals surface area contributed by atoms with Gasteiger partial charge in [0.05, 0.1) is 4.90 Å². The van der Waals surface area contributed by atoms with Crippen molar-refractivity contribution in [2.75, 3.05) is 5.32 Å². The fourth-order valence-corrected chi connectivity index (χ4v) is 4.99. The van der Waals surface area contributed by atoms with Crippen molar-refractivity contribution in [1.82, 2.24) is 4.31 Å². The lowest BCUT2D eigenvalue weighted by Crippen LogP contribution is -2.45. The van der Waals surface area contributed by atoms with Crippen LogP contribution in [0.25, 0.3) is 0 Å². The van der Waals surface area contributed by atoms with Gasteiger partial charge in [-0.05, 0) is 68.1 Å². The predicted molar refractivity (Wildman–Crippen MR) is 108 cm³/mol. The molecule has 0 saturated carbocycles. The summed E-state index contributed by atoms with van der Waals surface area (Å²) in [6, 6.07) is 8.60. The molecule has 0 radical (unpaired) electrons. The summed E-state index contributed by atoms with van der Waals surface area (Å²) in [6.45, 7) is 5.47. The molecule has 0 bridgehead atoms. The molecule has 1 N–H and O–H groups in total. The molecule has 1 fully saturated rings. The molecule has 3 rings (SSSR count). The lowest BCUT2D eigenvalue weighted by atomic mass is 10.1. The molecule has 148 valence electrons. The third-order valence-electron chi connectivity index (χ3n) is 4.96. The maximum Gasteiger partial charge on any atom is 0.267 e. The van der Waals surface area contributed by atoms with E-state index < -0.39 is 27.9 Å². The smallest absolute Gasteiger partial charge is 0.267 e. The summed E-state index contributed by atoms with van der Waals surface area (Å²) in [7, 11) is -4.14. The number of amides is 2. The van der Waals surface area contributed by atoms with Gasteiger partial charge in [0, 0.05) is 17.1 Å². The normalized spacial score (nSPS) is 17.1. The zero-order valence-electron chi connectivity index (χ0n) is 15.8. The van der Waals surface area contributed by atoms with E-state index in [0.717, 1.165) is 16.7 Å². The average Bonchev–Trinajstić information content (AvgIpc) is 3.03. The highest BCUT2D eigenvalue weighted by Gasteiger charge is 2.44. The minimum Gasteiger partial charge on any atom is -0.324 e. The average molecular weight is 421 g/mol. The van der Waals surface area contributed by atoms with Crippen molar-refractivity contribution in [2.24, 2.45) is 0 Å². The van der Waals surface area contributed by atoms with Crippen molar-refractivity contribution in [3.63, 3.8) is 0 Å². The van der Waals surface area contributed by atoms with Crippen LogP contribution in [0.1, 0.15) is 29.5 Å². The van der Waals surface area contributed by atoms with Crippen LogP contribution in [0.4, 0.5) is 5.69 Å². The van der Waals surface area contributed by atoms with Gasteiger partial charge < -0.3 is 5.32 Å². The Balaban J connectivity index is 1.93. The summed E-state index contributed by atoms with van der Waals surface area (Å²) >= 11 is 5.98. The Morgan fingerprint density at radius 3 is 2.43 bits per heavy atom. The largest absolute Gasteiger partial charge is 0.324 e. The van der Waals surface area contributed by atoms with Gasteiger partial charge in [-0.15, -0.1) is 0 Å². The van der Waals surface area contributed by atoms with E-state index in [1.165, 1.54) is 12.1 Å². The first kappa shape index (κ1) is 20.4. The van der Waals surface area contributed by atoms with Gasteiger partial charge in [0.2, 0.25) is 11.8 Å². The van der Waals surface area contributed by atoms with Crippen LogP contribution in [0.5, 0.6) is 0 Å². The van der Waals surface area contributed by atoms with Crippen LogP contribution in [-0.4, -0.2) is 30.6 Å². The molecule has 2 aromatic rings. The Kier molecular flexibility index (Phi) is 5.50. The Morgan fingerprint density at radius 1 is 1.07 bits per heavy atom. The standard InChI is InChI=1S/C20H21ClN2O4S/c1-12-5-7-16(10-14(12)3)28(26,27)23-18(8-9-19(23)24)20(25)22-17-11-15(21)6-4-13(17)2/h4-7,10-11,18H,8-9H2,1-3H3,(H,22,25)/t18-/m0/s1. The predicted octanol–water partition coefficient (Wildman–Crippen LogP) is 3.58. The molecule has 8 heteroatoms. The van der Waals surface area contributed by atoms with Crippen molar-refractivity contribution in [1.29, 1.82) is 0 Å². The summed E-state index contributed by atoms with van der Waals surface area (Å²) in [5, 5.41) is 3.15. The molecular weight excluding hydrogens is 400 g/mol. The maximum atomic E-state index is 13.1. The summed E-state index contributed by atoms with van der Waals surface area (Å²) < 4.78 is 26.9. The van der Waals surface area contributed by atoms with Gasteiger partial charge in [0.1, 0.15) is 6.04 Å². The highest BCUT2D eigenvalue weighted by Crippen LogP contribution is 2.29. The molecule has 1 atom stereocenters. The van der Waals surface area contributed by atoms with Crippen molar-refractivity contribution in [2.45, 2.75) is 44.6 Å². The van der Waals surface area contributed by atoms with E-state index in [4.69, 9.17) is 11.6 Å². The second kappa shape index (κ2) is 7.56. The molecule has 0 unspecified atom stereocenters. The van der Waals surface area contributed by atoms with Gasteiger partial charge in [-0.25, -0.2) is 12.7 Å². The van der Waals surface area contributed by atoms with Crippen LogP contribution >= 0.6 is 11.6 Å². The molecule has 2 aromatic carbocycles. The van der Waals surface area contributed by atoms with E-state index in [2.05, 4.69) is 5.32 Å². The number of carbonyl (C=O) groups is 2. The van der Waals surface area contributed by atoms with Gasteiger partial charge in [0.15, 0.2) is 0 Å². The third kappa shape index (κ3) is 3.77. The quantitative estimate of drug-likeness (QED) is 0.819. The minimum absolute atomic E-state index is 0.00239. The summed E-state index contributed by atoms with van der Waals surface area (Å²) in [6.07, 6.45) is 0.130. The number of hydrogen-bond donors (Lipinski definition) is 1. The van der Waals surface area contributed by atoms with Crippen LogP contribution in [-0.2, 0) is 19.6 Å². The molecule has 28 heavy (non-hydrogen) atoms.